The number of hydrogen-bond donors (Lipinski definition) is 1. The van der Waals surface area contributed by atoms with Crippen molar-refractivity contribution in [3.05, 3.63) is 18.0 Å². The van der Waals surface area contributed by atoms with Gasteiger partial charge in [-0.1, -0.05) is 19.3 Å². The van der Waals surface area contributed by atoms with E-state index in [2.05, 4.69) is 10.1 Å². The summed E-state index contributed by atoms with van der Waals surface area (Å²) in [5.74, 6) is 1.40. The first-order valence-corrected chi connectivity index (χ1v) is 6.54. The Balaban J connectivity index is 1.79. The molecule has 4 nitrogen and oxygen atoms in total. The van der Waals surface area contributed by atoms with Crippen molar-refractivity contribution in [1.82, 2.24) is 9.78 Å². The Kier molecular flexibility index (Phi) is 4.18. The molecule has 1 fully saturated rings. The van der Waals surface area contributed by atoms with E-state index in [0.717, 1.165) is 24.5 Å². The van der Waals surface area contributed by atoms with E-state index in [1.165, 1.54) is 32.1 Å². The highest BCUT2D eigenvalue weighted by Gasteiger charge is 2.16. The van der Waals surface area contributed by atoms with E-state index in [0.29, 0.717) is 5.92 Å². The number of hydrogen-bond acceptors (Lipinski definition) is 2. The number of aromatic nitrogens is 2. The lowest BCUT2D eigenvalue weighted by Gasteiger charge is -2.20. The van der Waals surface area contributed by atoms with Crippen LogP contribution in [0.5, 0.6) is 0 Å². The lowest BCUT2D eigenvalue weighted by molar-refractivity contribution is 0.436. The summed E-state index contributed by atoms with van der Waals surface area (Å²) in [6.07, 6.45) is 9.26. The van der Waals surface area contributed by atoms with Crippen LogP contribution in [0.15, 0.2) is 17.3 Å². The monoisotopic (exact) mass is 234 g/mol. The van der Waals surface area contributed by atoms with Crippen LogP contribution in [0.3, 0.4) is 0 Å². The molecule has 1 aromatic heterocycles. The second-order valence-electron chi connectivity index (χ2n) is 4.87. The fourth-order valence-electron chi connectivity index (χ4n) is 2.42. The first-order chi connectivity index (χ1) is 8.25. The fourth-order valence-corrected chi connectivity index (χ4v) is 2.42. The zero-order valence-electron chi connectivity index (χ0n) is 10.6. The Morgan fingerprint density at radius 1 is 1.47 bits per heavy atom. The van der Waals surface area contributed by atoms with Crippen LogP contribution in [0.25, 0.3) is 0 Å². The van der Waals surface area contributed by atoms with Crippen molar-refractivity contribution in [3.63, 3.8) is 0 Å². The molecule has 1 aliphatic carbocycles. The third-order valence-electron chi connectivity index (χ3n) is 3.45. The Bertz CT molecular complexity index is 375. The first-order valence-electron chi connectivity index (χ1n) is 6.54. The van der Waals surface area contributed by atoms with Crippen molar-refractivity contribution in [2.75, 3.05) is 6.54 Å². The standard InChI is InChI=1S/C13H22N4/c1-17-10-8-12(16-17)7-9-15-13(14)11-5-3-2-4-6-11/h8,10-11H,2-7,9H2,1H3,(H2,14,15). The van der Waals surface area contributed by atoms with Crippen molar-refractivity contribution >= 4 is 5.84 Å². The molecular weight excluding hydrogens is 212 g/mol. The maximum atomic E-state index is 6.04. The number of nitrogens with two attached hydrogens (primary N) is 1. The van der Waals surface area contributed by atoms with E-state index in [1.807, 2.05) is 24.0 Å². The summed E-state index contributed by atoms with van der Waals surface area (Å²) in [6, 6.07) is 2.03. The smallest absolute Gasteiger partial charge is 0.0968 e. The van der Waals surface area contributed by atoms with Crippen LogP contribution < -0.4 is 5.73 Å². The molecule has 0 atom stereocenters. The Hall–Kier alpha value is -1.32. The van der Waals surface area contributed by atoms with Crippen molar-refractivity contribution in [2.45, 2.75) is 38.5 Å². The fraction of sp³-hybridized carbons (Fsp3) is 0.692. The zero-order valence-corrected chi connectivity index (χ0v) is 10.6. The summed E-state index contributed by atoms with van der Waals surface area (Å²) in [6.45, 7) is 0.763. The summed E-state index contributed by atoms with van der Waals surface area (Å²) in [4.78, 5) is 4.50. The number of aliphatic imine (C=N–C) groups is 1. The van der Waals surface area contributed by atoms with Gasteiger partial charge < -0.3 is 5.73 Å². The van der Waals surface area contributed by atoms with Gasteiger partial charge in [0, 0.05) is 32.1 Å². The highest BCUT2D eigenvalue weighted by atomic mass is 15.2. The van der Waals surface area contributed by atoms with Crippen LogP contribution in [0.1, 0.15) is 37.8 Å². The second kappa shape index (κ2) is 5.84. The van der Waals surface area contributed by atoms with Crippen molar-refractivity contribution in [1.29, 1.82) is 0 Å². The maximum absolute atomic E-state index is 6.04. The predicted octanol–water partition coefficient (Wildman–Crippen LogP) is 1.90. The first kappa shape index (κ1) is 12.1. The van der Waals surface area contributed by atoms with E-state index in [-0.39, 0.29) is 0 Å². The second-order valence-corrected chi connectivity index (χ2v) is 4.87. The van der Waals surface area contributed by atoms with Gasteiger partial charge in [-0.15, -0.1) is 0 Å². The van der Waals surface area contributed by atoms with Crippen molar-refractivity contribution < 1.29 is 0 Å². The largest absolute Gasteiger partial charge is 0.387 e. The average Bonchev–Trinajstić information content (AvgIpc) is 2.76. The average molecular weight is 234 g/mol. The van der Waals surface area contributed by atoms with Crippen molar-refractivity contribution in [3.8, 4) is 0 Å². The highest BCUT2D eigenvalue weighted by molar-refractivity contribution is 5.82. The minimum atomic E-state index is 0.535. The molecule has 2 N–H and O–H groups in total. The minimum absolute atomic E-state index is 0.535. The summed E-state index contributed by atoms with van der Waals surface area (Å²) in [5, 5.41) is 4.33. The Labute approximate surface area is 103 Å². The maximum Gasteiger partial charge on any atom is 0.0968 e. The molecule has 0 aliphatic heterocycles. The van der Waals surface area contributed by atoms with Gasteiger partial charge in [0.05, 0.1) is 11.5 Å². The summed E-state index contributed by atoms with van der Waals surface area (Å²) < 4.78 is 1.82. The molecule has 0 amide bonds. The SMILES string of the molecule is Cn1ccc(CCN=C(N)C2CCCCC2)n1. The molecule has 1 aliphatic rings. The van der Waals surface area contributed by atoms with Gasteiger partial charge in [-0.05, 0) is 18.9 Å². The molecule has 0 radical (unpaired) electrons. The highest BCUT2D eigenvalue weighted by Crippen LogP contribution is 2.23. The third-order valence-corrected chi connectivity index (χ3v) is 3.45. The van der Waals surface area contributed by atoms with E-state index in [9.17, 15) is 0 Å². The molecule has 1 aromatic rings. The van der Waals surface area contributed by atoms with Crippen LogP contribution in [0.2, 0.25) is 0 Å². The molecule has 17 heavy (non-hydrogen) atoms. The normalized spacial score (nSPS) is 18.5. The summed E-state index contributed by atoms with van der Waals surface area (Å²) >= 11 is 0. The van der Waals surface area contributed by atoms with Gasteiger partial charge in [0.25, 0.3) is 0 Å². The minimum Gasteiger partial charge on any atom is -0.387 e. The van der Waals surface area contributed by atoms with E-state index in [1.54, 1.807) is 0 Å². The van der Waals surface area contributed by atoms with E-state index >= 15 is 0 Å². The van der Waals surface area contributed by atoms with Crippen LogP contribution in [-0.2, 0) is 13.5 Å². The van der Waals surface area contributed by atoms with E-state index in [4.69, 9.17) is 5.73 Å². The molecular formula is C13H22N4. The molecule has 0 bridgehead atoms. The molecule has 1 heterocycles. The quantitative estimate of drug-likeness (QED) is 0.639. The topological polar surface area (TPSA) is 56.2 Å². The van der Waals surface area contributed by atoms with Crippen molar-refractivity contribution in [2.24, 2.45) is 23.7 Å². The van der Waals surface area contributed by atoms with Gasteiger partial charge in [-0.3, -0.25) is 9.67 Å². The number of amidine groups is 1. The molecule has 4 heteroatoms. The van der Waals surface area contributed by atoms with Gasteiger partial charge in [-0.25, -0.2) is 0 Å². The van der Waals surface area contributed by atoms with Crippen LogP contribution in [-0.4, -0.2) is 22.2 Å². The summed E-state index contributed by atoms with van der Waals surface area (Å²) in [7, 11) is 1.93. The van der Waals surface area contributed by atoms with Gasteiger partial charge in [0.1, 0.15) is 0 Å². The molecule has 0 spiro atoms. The number of nitrogens with zero attached hydrogens (tertiary/aromatic N) is 3. The molecule has 94 valence electrons. The lowest BCUT2D eigenvalue weighted by Crippen LogP contribution is -2.26. The van der Waals surface area contributed by atoms with E-state index < -0.39 is 0 Å². The van der Waals surface area contributed by atoms with Gasteiger partial charge in [0.15, 0.2) is 0 Å². The third kappa shape index (κ3) is 3.58. The lowest BCUT2D eigenvalue weighted by atomic mass is 9.88. The van der Waals surface area contributed by atoms with Gasteiger partial charge in [0.2, 0.25) is 0 Å². The van der Waals surface area contributed by atoms with Gasteiger partial charge in [-0.2, -0.15) is 5.10 Å². The molecule has 0 unspecified atom stereocenters. The Morgan fingerprint density at radius 3 is 2.88 bits per heavy atom. The molecule has 0 saturated heterocycles. The van der Waals surface area contributed by atoms with Crippen LogP contribution in [0, 0.1) is 5.92 Å². The summed E-state index contributed by atoms with van der Waals surface area (Å²) in [5.41, 5.74) is 7.13. The molecule has 1 saturated carbocycles. The van der Waals surface area contributed by atoms with Crippen LogP contribution >= 0.6 is 0 Å². The molecule has 0 aromatic carbocycles. The van der Waals surface area contributed by atoms with Gasteiger partial charge >= 0.3 is 0 Å². The number of rotatable bonds is 4. The number of aryl methyl sites for hydroxylation is 1. The Morgan fingerprint density at radius 2 is 2.24 bits per heavy atom. The van der Waals surface area contributed by atoms with Crippen LogP contribution in [0.4, 0.5) is 0 Å². The zero-order chi connectivity index (χ0) is 12.1. The molecule has 2 rings (SSSR count). The predicted molar refractivity (Wildman–Crippen MR) is 70.0 cm³/mol.